The number of carbonyl (C=O) groups is 1. The van der Waals surface area contributed by atoms with Gasteiger partial charge in [0, 0.05) is 44.0 Å². The second-order valence-electron chi connectivity index (χ2n) is 7.07. The number of aromatic amines is 1. The van der Waals surface area contributed by atoms with Gasteiger partial charge in [0.25, 0.3) is 0 Å². The highest BCUT2D eigenvalue weighted by Gasteiger charge is 2.31. The molecule has 1 aliphatic heterocycles. The van der Waals surface area contributed by atoms with Gasteiger partial charge in [-0.25, -0.2) is 9.37 Å². The molecule has 4 rings (SSSR count). The molecule has 2 aromatic rings. The first-order chi connectivity index (χ1) is 12.7. The van der Waals surface area contributed by atoms with E-state index >= 15 is 0 Å². The second-order valence-corrected chi connectivity index (χ2v) is 7.93. The molecule has 1 aliphatic carbocycles. The van der Waals surface area contributed by atoms with Gasteiger partial charge in [-0.15, -0.1) is 0 Å². The number of amides is 1. The maximum atomic E-state index is 12.5. The van der Waals surface area contributed by atoms with E-state index < -0.39 is 0 Å². The van der Waals surface area contributed by atoms with Gasteiger partial charge in [0.2, 0.25) is 5.91 Å². The number of hydrogen-bond acceptors (Lipinski definition) is 4. The first-order valence-electron chi connectivity index (χ1n) is 9.18. The standard InChI is InChI=1S/C18H23BrFN5O/c19-13-8-22-17-15(14(9-23-17)24-18(26)11-3-4-11)16(13)25-7-1-2-12(10-25)21-6-5-20/h8-9,11-12,21H,1-7,10H2,(H,22,23)(H,24,26)/t12-/m1/s1. The van der Waals surface area contributed by atoms with Crippen LogP contribution in [-0.2, 0) is 4.79 Å². The van der Waals surface area contributed by atoms with Crippen LogP contribution < -0.4 is 15.5 Å². The van der Waals surface area contributed by atoms with Gasteiger partial charge in [0.15, 0.2) is 0 Å². The molecule has 0 bridgehead atoms. The Morgan fingerprint density at radius 2 is 2.27 bits per heavy atom. The molecule has 2 fully saturated rings. The third-order valence-electron chi connectivity index (χ3n) is 5.10. The zero-order chi connectivity index (χ0) is 18.1. The maximum absolute atomic E-state index is 12.5. The van der Waals surface area contributed by atoms with Crippen molar-refractivity contribution >= 4 is 44.2 Å². The Hall–Kier alpha value is -1.67. The van der Waals surface area contributed by atoms with E-state index in [0.717, 1.165) is 65.7 Å². The maximum Gasteiger partial charge on any atom is 0.227 e. The first-order valence-corrected chi connectivity index (χ1v) is 9.97. The summed E-state index contributed by atoms with van der Waals surface area (Å²) in [6.45, 7) is 1.76. The van der Waals surface area contributed by atoms with Crippen molar-refractivity contribution < 1.29 is 9.18 Å². The molecule has 0 unspecified atom stereocenters. The molecule has 3 N–H and O–H groups in total. The lowest BCUT2D eigenvalue weighted by molar-refractivity contribution is -0.117. The van der Waals surface area contributed by atoms with Crippen molar-refractivity contribution in [2.75, 3.05) is 36.5 Å². The van der Waals surface area contributed by atoms with E-state index in [1.807, 2.05) is 6.20 Å². The van der Waals surface area contributed by atoms with Crippen LogP contribution >= 0.6 is 15.9 Å². The molecule has 8 heteroatoms. The highest BCUT2D eigenvalue weighted by atomic mass is 79.9. The molecule has 1 atom stereocenters. The first kappa shape index (κ1) is 17.7. The largest absolute Gasteiger partial charge is 0.368 e. The monoisotopic (exact) mass is 423 g/mol. The number of H-pyrrole nitrogens is 1. The number of piperidine rings is 1. The lowest BCUT2D eigenvalue weighted by atomic mass is 10.0. The van der Waals surface area contributed by atoms with Crippen LogP contribution in [0.1, 0.15) is 25.7 Å². The Morgan fingerprint density at radius 1 is 1.42 bits per heavy atom. The van der Waals surface area contributed by atoms with Gasteiger partial charge in [0.05, 0.1) is 21.2 Å². The van der Waals surface area contributed by atoms with Gasteiger partial charge in [0.1, 0.15) is 12.3 Å². The Labute approximate surface area is 160 Å². The van der Waals surface area contributed by atoms with Gasteiger partial charge < -0.3 is 20.5 Å². The topological polar surface area (TPSA) is 73.0 Å². The van der Waals surface area contributed by atoms with Gasteiger partial charge in [-0.05, 0) is 41.6 Å². The molecule has 6 nitrogen and oxygen atoms in total. The molecule has 140 valence electrons. The van der Waals surface area contributed by atoms with E-state index in [2.05, 4.69) is 41.4 Å². The summed E-state index contributed by atoms with van der Waals surface area (Å²) in [5.74, 6) is 0.228. The molecular formula is C18H23BrFN5O. The molecular weight excluding hydrogens is 401 g/mol. The molecule has 26 heavy (non-hydrogen) atoms. The van der Waals surface area contributed by atoms with Crippen LogP contribution in [0.4, 0.5) is 15.8 Å². The van der Waals surface area contributed by atoms with Crippen molar-refractivity contribution in [2.45, 2.75) is 31.7 Å². The lowest BCUT2D eigenvalue weighted by Crippen LogP contribution is -2.46. The molecule has 0 aromatic carbocycles. The van der Waals surface area contributed by atoms with Crippen molar-refractivity contribution in [1.29, 1.82) is 0 Å². The minimum Gasteiger partial charge on any atom is -0.368 e. The van der Waals surface area contributed by atoms with E-state index in [4.69, 9.17) is 0 Å². The molecule has 2 aliphatic rings. The fourth-order valence-corrected chi connectivity index (χ4v) is 4.20. The molecule has 3 heterocycles. The predicted molar refractivity (Wildman–Crippen MR) is 104 cm³/mol. The van der Waals surface area contributed by atoms with Crippen molar-refractivity contribution in [1.82, 2.24) is 15.3 Å². The summed E-state index contributed by atoms with van der Waals surface area (Å²) in [7, 11) is 0. The van der Waals surface area contributed by atoms with Crippen LogP contribution in [0.3, 0.4) is 0 Å². The van der Waals surface area contributed by atoms with Crippen molar-refractivity contribution in [2.24, 2.45) is 5.92 Å². The number of halogens is 2. The third kappa shape index (κ3) is 3.57. The Kier molecular flexibility index (Phi) is 5.13. The number of rotatable bonds is 6. The highest BCUT2D eigenvalue weighted by molar-refractivity contribution is 9.10. The van der Waals surface area contributed by atoms with Gasteiger partial charge in [-0.3, -0.25) is 4.79 Å². The Morgan fingerprint density at radius 3 is 3.04 bits per heavy atom. The quantitative estimate of drug-likeness (QED) is 0.666. The van der Waals surface area contributed by atoms with Gasteiger partial charge >= 0.3 is 0 Å². The summed E-state index contributed by atoms with van der Waals surface area (Å²) in [5.41, 5.74) is 2.57. The van der Waals surface area contributed by atoms with Crippen molar-refractivity contribution in [3.05, 3.63) is 16.9 Å². The number of aromatic nitrogens is 2. The number of hydrogen-bond donors (Lipinski definition) is 3. The number of nitrogens with one attached hydrogen (secondary N) is 3. The molecule has 0 spiro atoms. The number of nitrogens with zero attached hydrogens (tertiary/aromatic N) is 2. The van der Waals surface area contributed by atoms with Gasteiger partial charge in [-0.2, -0.15) is 0 Å². The normalized spacial score (nSPS) is 20.5. The summed E-state index contributed by atoms with van der Waals surface area (Å²) in [4.78, 5) is 22.2. The fraction of sp³-hybridized carbons (Fsp3) is 0.556. The number of anilines is 2. The minimum atomic E-state index is -0.352. The summed E-state index contributed by atoms with van der Waals surface area (Å²) in [5, 5.41) is 7.26. The average Bonchev–Trinajstić information content (AvgIpc) is 3.43. The van der Waals surface area contributed by atoms with E-state index in [0.29, 0.717) is 6.54 Å². The van der Waals surface area contributed by atoms with E-state index in [1.165, 1.54) is 0 Å². The zero-order valence-corrected chi connectivity index (χ0v) is 16.1. The SMILES string of the molecule is O=C(Nc1c[nH]c2ncc(Br)c(N3CCC[C@@H](NCCF)C3)c12)C1CC1. The minimum absolute atomic E-state index is 0.0814. The Bertz CT molecular complexity index is 806. The number of alkyl halides is 1. The number of pyridine rings is 1. The second kappa shape index (κ2) is 7.52. The molecule has 0 radical (unpaired) electrons. The van der Waals surface area contributed by atoms with E-state index in [-0.39, 0.29) is 24.5 Å². The van der Waals surface area contributed by atoms with Crippen LogP contribution in [0.25, 0.3) is 11.0 Å². The lowest BCUT2D eigenvalue weighted by Gasteiger charge is -2.35. The highest BCUT2D eigenvalue weighted by Crippen LogP contribution is 2.39. The van der Waals surface area contributed by atoms with Crippen LogP contribution in [0.5, 0.6) is 0 Å². The van der Waals surface area contributed by atoms with Crippen molar-refractivity contribution in [3.63, 3.8) is 0 Å². The zero-order valence-electron chi connectivity index (χ0n) is 14.5. The van der Waals surface area contributed by atoms with Crippen LogP contribution in [0, 0.1) is 5.92 Å². The van der Waals surface area contributed by atoms with Crippen LogP contribution in [0.2, 0.25) is 0 Å². The summed E-state index contributed by atoms with van der Waals surface area (Å²) in [6, 6.07) is 0.262. The van der Waals surface area contributed by atoms with Crippen LogP contribution in [-0.4, -0.2) is 48.2 Å². The number of fused-ring (bicyclic) bond motifs is 1. The molecule has 1 amide bonds. The summed E-state index contributed by atoms with van der Waals surface area (Å²) in [6.07, 6.45) is 7.62. The smallest absolute Gasteiger partial charge is 0.227 e. The molecule has 1 saturated heterocycles. The molecule has 1 saturated carbocycles. The Balaban J connectivity index is 1.65. The molecule has 2 aromatic heterocycles. The fourth-order valence-electron chi connectivity index (χ4n) is 3.65. The van der Waals surface area contributed by atoms with Crippen molar-refractivity contribution in [3.8, 4) is 0 Å². The van der Waals surface area contributed by atoms with E-state index in [9.17, 15) is 9.18 Å². The van der Waals surface area contributed by atoms with Gasteiger partial charge in [-0.1, -0.05) is 0 Å². The summed E-state index contributed by atoms with van der Waals surface area (Å²) >= 11 is 3.64. The number of carbonyl (C=O) groups excluding carboxylic acids is 1. The summed E-state index contributed by atoms with van der Waals surface area (Å²) < 4.78 is 13.4. The predicted octanol–water partition coefficient (Wildman–Crippen LogP) is 3.20. The van der Waals surface area contributed by atoms with Crippen LogP contribution in [0.15, 0.2) is 16.9 Å². The van der Waals surface area contributed by atoms with E-state index in [1.54, 1.807) is 6.20 Å². The third-order valence-corrected chi connectivity index (χ3v) is 5.68. The average molecular weight is 424 g/mol.